The molecule has 0 saturated carbocycles. The SMILES string of the molecule is CC1C(=O)NC23C=Cc4ccccc4C2S(=O)(=O)[C](C(=O)N(Cc2ccccc2)[C@H]2CCCNCC2=O)C13. The fraction of sp³-hybridized carbons (Fsp3) is 0.379. The highest BCUT2D eigenvalue weighted by molar-refractivity contribution is 7.95. The summed E-state index contributed by atoms with van der Waals surface area (Å²) >= 11 is 0. The van der Waals surface area contributed by atoms with Crippen molar-refractivity contribution in [3.8, 4) is 0 Å². The first kappa shape index (κ1) is 25.0. The largest absolute Gasteiger partial charge is 0.345 e. The van der Waals surface area contributed by atoms with Gasteiger partial charge in [0.05, 0.1) is 18.1 Å². The van der Waals surface area contributed by atoms with Crippen LogP contribution in [-0.2, 0) is 30.8 Å². The minimum atomic E-state index is -4.20. The van der Waals surface area contributed by atoms with Gasteiger partial charge in [-0.3, -0.25) is 14.4 Å². The van der Waals surface area contributed by atoms with Crippen molar-refractivity contribution < 1.29 is 22.8 Å². The summed E-state index contributed by atoms with van der Waals surface area (Å²) in [4.78, 5) is 42.2. The third-order valence-corrected chi connectivity index (χ3v) is 10.8. The minimum absolute atomic E-state index is 0.0989. The predicted molar refractivity (Wildman–Crippen MR) is 142 cm³/mol. The molecule has 3 saturated heterocycles. The third-order valence-electron chi connectivity index (χ3n) is 8.46. The van der Waals surface area contributed by atoms with Crippen LogP contribution in [0.5, 0.6) is 0 Å². The fourth-order valence-electron chi connectivity index (χ4n) is 6.73. The number of hydrogen-bond donors (Lipinski definition) is 2. The molecule has 2 N–H and O–H groups in total. The minimum Gasteiger partial charge on any atom is -0.345 e. The van der Waals surface area contributed by atoms with Gasteiger partial charge in [-0.2, -0.15) is 0 Å². The smallest absolute Gasteiger partial charge is 0.247 e. The molecule has 1 radical (unpaired) electrons. The Labute approximate surface area is 222 Å². The lowest BCUT2D eigenvalue weighted by atomic mass is 9.71. The lowest BCUT2D eigenvalue weighted by molar-refractivity contribution is -0.138. The van der Waals surface area contributed by atoms with E-state index in [1.807, 2.05) is 48.5 Å². The zero-order valence-corrected chi connectivity index (χ0v) is 21.9. The predicted octanol–water partition coefficient (Wildman–Crippen LogP) is 2.19. The highest BCUT2D eigenvalue weighted by Crippen LogP contribution is 2.62. The number of benzene rings is 2. The zero-order valence-electron chi connectivity index (χ0n) is 21.1. The number of nitrogens with zero attached hydrogens (tertiary/aromatic N) is 1. The van der Waals surface area contributed by atoms with Gasteiger partial charge >= 0.3 is 0 Å². The first-order chi connectivity index (χ1) is 18.3. The normalized spacial score (nSPS) is 31.6. The van der Waals surface area contributed by atoms with Gasteiger partial charge in [0.1, 0.15) is 5.25 Å². The van der Waals surface area contributed by atoms with E-state index in [-0.39, 0.29) is 30.0 Å². The molecule has 3 fully saturated rings. The number of ketones is 1. The average molecular weight is 533 g/mol. The average Bonchev–Trinajstić information content (AvgIpc) is 3.12. The molecule has 4 aliphatic rings. The number of fused-ring (bicyclic) bond motifs is 2. The summed E-state index contributed by atoms with van der Waals surface area (Å²) in [7, 11) is -4.20. The van der Waals surface area contributed by atoms with Crippen molar-refractivity contribution in [2.45, 2.75) is 43.1 Å². The molecule has 2 amide bonds. The van der Waals surface area contributed by atoms with E-state index in [0.29, 0.717) is 24.9 Å². The van der Waals surface area contributed by atoms with E-state index in [4.69, 9.17) is 0 Å². The molecular formula is C29H30N3O5S. The highest BCUT2D eigenvalue weighted by Gasteiger charge is 2.73. The van der Waals surface area contributed by atoms with Crippen LogP contribution in [-0.4, -0.2) is 55.6 Å². The van der Waals surface area contributed by atoms with Gasteiger partial charge in [-0.05, 0) is 36.1 Å². The molecule has 197 valence electrons. The number of amides is 2. The number of nitrogens with one attached hydrogen (secondary N) is 2. The molecule has 38 heavy (non-hydrogen) atoms. The van der Waals surface area contributed by atoms with Crippen molar-refractivity contribution in [2.24, 2.45) is 11.8 Å². The number of Topliss-reactive ketones (excluding diaryl/α,β-unsaturated/α-hetero) is 1. The summed E-state index contributed by atoms with van der Waals surface area (Å²) in [6.45, 7) is 2.54. The molecule has 5 atom stereocenters. The lowest BCUT2D eigenvalue weighted by Gasteiger charge is -2.35. The second-order valence-corrected chi connectivity index (χ2v) is 12.7. The van der Waals surface area contributed by atoms with Gasteiger partial charge in [-0.25, -0.2) is 8.42 Å². The molecule has 1 aliphatic carbocycles. The van der Waals surface area contributed by atoms with E-state index in [2.05, 4.69) is 10.6 Å². The Bertz CT molecular complexity index is 1440. The van der Waals surface area contributed by atoms with Crippen molar-refractivity contribution in [3.05, 3.63) is 82.6 Å². The van der Waals surface area contributed by atoms with E-state index in [9.17, 15) is 22.8 Å². The van der Waals surface area contributed by atoms with E-state index >= 15 is 0 Å². The molecule has 6 rings (SSSR count). The third kappa shape index (κ3) is 3.66. The van der Waals surface area contributed by atoms with Crippen LogP contribution in [0.25, 0.3) is 6.08 Å². The van der Waals surface area contributed by atoms with Gasteiger partial charge < -0.3 is 15.5 Å². The topological polar surface area (TPSA) is 113 Å². The standard InChI is InChI=1S/C29H30N3O5S/c1-18-24-25(28(35)32(17-19-8-3-2-4-9-19)22-12-7-15-30-16-23(22)33)38(36,37)26-21-11-6-5-10-20(21)13-14-29(24,26)31-27(18)34/h2-6,8-11,13-14,18,22,24,26,30H,7,12,15-17H2,1H3,(H,31,34)/t18?,22-,24?,26?,29?/m0/s1. The first-order valence-corrected chi connectivity index (χ1v) is 14.6. The van der Waals surface area contributed by atoms with Crippen molar-refractivity contribution in [3.63, 3.8) is 0 Å². The Kier molecular flexibility index (Phi) is 6.03. The molecule has 2 aromatic rings. The number of carbonyl (C=O) groups is 3. The molecular weight excluding hydrogens is 502 g/mol. The van der Waals surface area contributed by atoms with Gasteiger partial charge in [-0.1, -0.05) is 73.7 Å². The molecule has 8 nitrogen and oxygen atoms in total. The summed E-state index contributed by atoms with van der Waals surface area (Å²) in [5.74, 6) is -2.71. The van der Waals surface area contributed by atoms with E-state index in [0.717, 1.165) is 11.1 Å². The highest BCUT2D eigenvalue weighted by atomic mass is 32.2. The van der Waals surface area contributed by atoms with Gasteiger partial charge in [0.25, 0.3) is 0 Å². The van der Waals surface area contributed by atoms with Crippen LogP contribution < -0.4 is 10.6 Å². The summed E-state index contributed by atoms with van der Waals surface area (Å²) in [5, 5.41) is 4.69. The Morgan fingerprint density at radius 2 is 1.82 bits per heavy atom. The molecule has 0 bridgehead atoms. The summed E-state index contributed by atoms with van der Waals surface area (Å²) in [5.41, 5.74) is 0.871. The molecule has 1 spiro atoms. The first-order valence-electron chi connectivity index (χ1n) is 13.0. The van der Waals surface area contributed by atoms with Crippen LogP contribution in [0.2, 0.25) is 0 Å². The maximum Gasteiger partial charge on any atom is 0.247 e. The zero-order chi connectivity index (χ0) is 26.7. The summed E-state index contributed by atoms with van der Waals surface area (Å²) < 4.78 is 28.8. The van der Waals surface area contributed by atoms with Crippen molar-refractivity contribution in [1.29, 1.82) is 0 Å². The van der Waals surface area contributed by atoms with Crippen LogP contribution in [0, 0.1) is 17.1 Å². The lowest BCUT2D eigenvalue weighted by Crippen LogP contribution is -2.50. The molecule has 4 unspecified atom stereocenters. The summed E-state index contributed by atoms with van der Waals surface area (Å²) in [6.07, 6.45) is 4.71. The van der Waals surface area contributed by atoms with Gasteiger partial charge in [0, 0.05) is 18.4 Å². The Hall–Kier alpha value is -3.30. The fourth-order valence-corrected chi connectivity index (χ4v) is 9.44. The Morgan fingerprint density at radius 1 is 1.08 bits per heavy atom. The monoisotopic (exact) mass is 532 g/mol. The van der Waals surface area contributed by atoms with Crippen LogP contribution in [0.4, 0.5) is 0 Å². The van der Waals surface area contributed by atoms with Gasteiger partial charge in [0.15, 0.2) is 20.9 Å². The number of hydrogen-bond acceptors (Lipinski definition) is 6. The second kappa shape index (κ2) is 9.17. The van der Waals surface area contributed by atoms with E-state index < -0.39 is 44.4 Å². The molecule has 0 aromatic heterocycles. The van der Waals surface area contributed by atoms with Crippen LogP contribution in [0.1, 0.15) is 41.7 Å². The summed E-state index contributed by atoms with van der Waals surface area (Å²) in [6, 6.07) is 15.7. The van der Waals surface area contributed by atoms with Crippen molar-refractivity contribution in [2.75, 3.05) is 13.1 Å². The molecule has 3 aliphatic heterocycles. The van der Waals surface area contributed by atoms with Gasteiger partial charge in [-0.15, -0.1) is 0 Å². The number of sulfone groups is 1. The van der Waals surface area contributed by atoms with E-state index in [1.165, 1.54) is 4.90 Å². The van der Waals surface area contributed by atoms with Crippen molar-refractivity contribution >= 4 is 33.5 Å². The van der Waals surface area contributed by atoms with E-state index in [1.54, 1.807) is 25.1 Å². The molecule has 9 heteroatoms. The Morgan fingerprint density at radius 3 is 2.61 bits per heavy atom. The van der Waals surface area contributed by atoms with Crippen molar-refractivity contribution in [1.82, 2.24) is 15.5 Å². The number of carbonyl (C=O) groups excluding carboxylic acids is 3. The van der Waals surface area contributed by atoms with Crippen LogP contribution >= 0.6 is 0 Å². The second-order valence-electron chi connectivity index (χ2n) is 10.7. The Balaban J connectivity index is 1.49. The molecule has 3 heterocycles. The number of rotatable bonds is 4. The molecule has 2 aromatic carbocycles. The van der Waals surface area contributed by atoms with Crippen LogP contribution in [0.15, 0.2) is 60.7 Å². The van der Waals surface area contributed by atoms with Crippen LogP contribution in [0.3, 0.4) is 0 Å². The maximum absolute atomic E-state index is 14.5. The maximum atomic E-state index is 14.5. The quantitative estimate of drug-likeness (QED) is 0.624. The van der Waals surface area contributed by atoms with Gasteiger partial charge in [0.2, 0.25) is 11.8 Å².